The number of ether oxygens (including phenoxy) is 1. The Kier molecular flexibility index (Phi) is 6.39. The first kappa shape index (κ1) is 20.7. The number of aliphatic carboxylic acids is 1. The van der Waals surface area contributed by atoms with Crippen molar-refractivity contribution in [2.24, 2.45) is 0 Å². The number of hydrogen-bond acceptors (Lipinski definition) is 5. The molecule has 2 amide bonds. The highest BCUT2D eigenvalue weighted by molar-refractivity contribution is 8.19. The summed E-state index contributed by atoms with van der Waals surface area (Å²) in [4.78, 5) is 37.8. The largest absolute Gasteiger partial charge is 0.479 e. The molecule has 1 saturated heterocycles. The van der Waals surface area contributed by atoms with Crippen molar-refractivity contribution < 1.29 is 24.2 Å². The van der Waals surface area contributed by atoms with E-state index in [2.05, 4.69) is 0 Å². The van der Waals surface area contributed by atoms with E-state index in [4.69, 9.17) is 9.84 Å². The molecule has 1 aliphatic rings. The maximum atomic E-state index is 12.8. The molecule has 29 heavy (non-hydrogen) atoms. The zero-order valence-electron chi connectivity index (χ0n) is 16.1. The van der Waals surface area contributed by atoms with Crippen LogP contribution >= 0.6 is 11.8 Å². The molecule has 0 aliphatic carbocycles. The van der Waals surface area contributed by atoms with Gasteiger partial charge < -0.3 is 9.84 Å². The van der Waals surface area contributed by atoms with Crippen LogP contribution in [0, 0.1) is 0 Å². The maximum Gasteiger partial charge on any atom is 0.344 e. The molecule has 7 heteroatoms. The van der Waals surface area contributed by atoms with Gasteiger partial charge in [0.2, 0.25) is 0 Å². The molecule has 3 rings (SSSR count). The summed E-state index contributed by atoms with van der Waals surface area (Å²) in [6, 6.07) is 14.1. The number of nitrogens with zero attached hydrogens (tertiary/aromatic N) is 1. The third-order valence-corrected chi connectivity index (χ3v) is 5.35. The smallest absolute Gasteiger partial charge is 0.344 e. The molecule has 2 aromatic carbocycles. The van der Waals surface area contributed by atoms with Gasteiger partial charge in [0.25, 0.3) is 11.1 Å². The van der Waals surface area contributed by atoms with Gasteiger partial charge in [0.1, 0.15) is 5.75 Å². The van der Waals surface area contributed by atoms with Crippen LogP contribution in [0.4, 0.5) is 10.5 Å². The average Bonchev–Trinajstić information content (AvgIpc) is 2.99. The number of rotatable bonds is 7. The van der Waals surface area contributed by atoms with Crippen LogP contribution in [0.3, 0.4) is 0 Å². The number of amides is 2. The van der Waals surface area contributed by atoms with E-state index in [1.165, 1.54) is 0 Å². The fourth-order valence-electron chi connectivity index (χ4n) is 2.87. The third-order valence-electron chi connectivity index (χ3n) is 4.48. The van der Waals surface area contributed by atoms with Crippen LogP contribution in [-0.2, 0) is 16.0 Å². The number of carbonyl (C=O) groups excluding carboxylic acids is 2. The van der Waals surface area contributed by atoms with Gasteiger partial charge >= 0.3 is 5.97 Å². The first-order valence-electron chi connectivity index (χ1n) is 9.29. The van der Waals surface area contributed by atoms with Gasteiger partial charge in [-0.05, 0) is 66.1 Å². The molecular formula is C22H21NO5S. The topological polar surface area (TPSA) is 83.9 Å². The Morgan fingerprint density at radius 3 is 2.52 bits per heavy atom. The predicted octanol–water partition coefficient (Wildman–Crippen LogP) is 4.73. The molecule has 150 valence electrons. The van der Waals surface area contributed by atoms with Gasteiger partial charge in [0.15, 0.2) is 6.10 Å². The number of aryl methyl sites for hydroxylation is 1. The molecule has 1 atom stereocenters. The summed E-state index contributed by atoms with van der Waals surface area (Å²) in [7, 11) is 0. The van der Waals surface area contributed by atoms with Crippen molar-refractivity contribution in [3.8, 4) is 5.75 Å². The molecule has 0 spiro atoms. The molecule has 1 N–H and O–H groups in total. The van der Waals surface area contributed by atoms with Crippen molar-refractivity contribution >= 4 is 40.6 Å². The van der Waals surface area contributed by atoms with E-state index in [0.717, 1.165) is 28.6 Å². The molecule has 1 aliphatic heterocycles. The monoisotopic (exact) mass is 411 g/mol. The number of thioether (sulfide) groups is 1. The minimum atomic E-state index is -1.03. The lowest BCUT2D eigenvalue weighted by molar-refractivity contribution is -0.145. The van der Waals surface area contributed by atoms with Gasteiger partial charge in [0, 0.05) is 0 Å². The Hall–Kier alpha value is -3.06. The van der Waals surface area contributed by atoms with E-state index in [1.54, 1.807) is 49.4 Å². The summed E-state index contributed by atoms with van der Waals surface area (Å²) >= 11 is 0.874. The molecule has 6 nitrogen and oxygen atoms in total. The van der Waals surface area contributed by atoms with Crippen LogP contribution in [0.15, 0.2) is 53.4 Å². The number of benzene rings is 2. The van der Waals surface area contributed by atoms with Crippen LogP contribution in [0.25, 0.3) is 6.08 Å². The van der Waals surface area contributed by atoms with Crippen molar-refractivity contribution in [2.75, 3.05) is 4.90 Å². The lowest BCUT2D eigenvalue weighted by Crippen LogP contribution is -2.27. The molecule has 0 aromatic heterocycles. The van der Waals surface area contributed by atoms with Crippen LogP contribution < -0.4 is 9.64 Å². The molecule has 0 saturated carbocycles. The predicted molar refractivity (Wildman–Crippen MR) is 113 cm³/mol. The van der Waals surface area contributed by atoms with E-state index >= 15 is 0 Å². The highest BCUT2D eigenvalue weighted by Crippen LogP contribution is 2.36. The molecule has 1 unspecified atom stereocenters. The standard InChI is InChI=1S/C22H21NO5S/c1-3-14-8-10-16(11-9-14)23-20(24)19(29-22(23)27)13-15-6-5-7-17(12-15)28-18(4-2)21(25)26/h5-13,18H,3-4H2,1-2H3,(H,25,26)/b19-13+. The van der Waals surface area contributed by atoms with E-state index in [0.29, 0.717) is 28.3 Å². The van der Waals surface area contributed by atoms with Crippen LogP contribution in [0.1, 0.15) is 31.4 Å². The Morgan fingerprint density at radius 1 is 1.17 bits per heavy atom. The second-order valence-electron chi connectivity index (χ2n) is 6.46. The lowest BCUT2D eigenvalue weighted by Gasteiger charge is -2.13. The zero-order chi connectivity index (χ0) is 21.0. The van der Waals surface area contributed by atoms with Crippen LogP contribution in [0.2, 0.25) is 0 Å². The molecule has 0 radical (unpaired) electrons. The number of imide groups is 1. The highest BCUT2D eigenvalue weighted by atomic mass is 32.2. The van der Waals surface area contributed by atoms with Crippen molar-refractivity contribution in [2.45, 2.75) is 32.8 Å². The maximum absolute atomic E-state index is 12.8. The summed E-state index contributed by atoms with van der Waals surface area (Å²) in [5.41, 5.74) is 2.31. The average molecular weight is 411 g/mol. The lowest BCUT2D eigenvalue weighted by atomic mass is 10.1. The molecule has 1 heterocycles. The number of carboxylic acids is 1. The second kappa shape index (κ2) is 8.96. The second-order valence-corrected chi connectivity index (χ2v) is 7.46. The quantitative estimate of drug-likeness (QED) is 0.663. The zero-order valence-corrected chi connectivity index (χ0v) is 16.9. The first-order valence-corrected chi connectivity index (χ1v) is 10.1. The summed E-state index contributed by atoms with van der Waals surface area (Å²) < 4.78 is 5.49. The minimum absolute atomic E-state index is 0.303. The minimum Gasteiger partial charge on any atom is -0.479 e. The van der Waals surface area contributed by atoms with Gasteiger partial charge in [-0.3, -0.25) is 9.59 Å². The molecule has 2 aromatic rings. The number of hydrogen-bond donors (Lipinski definition) is 1. The third kappa shape index (κ3) is 4.68. The normalized spacial score (nSPS) is 16.3. The van der Waals surface area contributed by atoms with E-state index in [-0.39, 0.29) is 11.1 Å². The first-order chi connectivity index (χ1) is 13.9. The van der Waals surface area contributed by atoms with E-state index in [1.807, 2.05) is 19.1 Å². The Morgan fingerprint density at radius 2 is 1.90 bits per heavy atom. The van der Waals surface area contributed by atoms with Crippen molar-refractivity contribution in [1.82, 2.24) is 0 Å². The highest BCUT2D eigenvalue weighted by Gasteiger charge is 2.36. The van der Waals surface area contributed by atoms with E-state index < -0.39 is 12.1 Å². The number of carboxylic acid groups (broad SMARTS) is 1. The van der Waals surface area contributed by atoms with Crippen LogP contribution in [0.5, 0.6) is 5.75 Å². The van der Waals surface area contributed by atoms with Crippen molar-refractivity contribution in [3.63, 3.8) is 0 Å². The van der Waals surface area contributed by atoms with Crippen molar-refractivity contribution in [3.05, 3.63) is 64.6 Å². The number of carbonyl (C=O) groups is 3. The van der Waals surface area contributed by atoms with Crippen LogP contribution in [-0.4, -0.2) is 28.3 Å². The van der Waals surface area contributed by atoms with E-state index in [9.17, 15) is 14.4 Å². The van der Waals surface area contributed by atoms with Gasteiger partial charge in [-0.1, -0.05) is 38.1 Å². The fraction of sp³-hybridized carbons (Fsp3) is 0.227. The summed E-state index contributed by atoms with van der Waals surface area (Å²) in [5.74, 6) is -1.02. The Labute approximate surface area is 173 Å². The van der Waals surface area contributed by atoms with Gasteiger partial charge in [-0.15, -0.1) is 0 Å². The van der Waals surface area contributed by atoms with Gasteiger partial charge in [-0.2, -0.15) is 0 Å². The summed E-state index contributed by atoms with van der Waals surface area (Å²) in [5, 5.41) is 8.79. The molecular weight excluding hydrogens is 390 g/mol. The van der Waals surface area contributed by atoms with Crippen molar-refractivity contribution in [1.29, 1.82) is 0 Å². The van der Waals surface area contributed by atoms with Gasteiger partial charge in [-0.25, -0.2) is 9.69 Å². The Bertz CT molecular complexity index is 967. The Balaban J connectivity index is 1.82. The molecule has 0 bridgehead atoms. The summed E-state index contributed by atoms with van der Waals surface area (Å²) in [6.45, 7) is 3.76. The van der Waals surface area contributed by atoms with Gasteiger partial charge in [0.05, 0.1) is 10.6 Å². The molecule has 1 fully saturated rings. The summed E-state index contributed by atoms with van der Waals surface area (Å²) in [6.07, 6.45) is 1.87. The number of anilines is 1. The fourth-order valence-corrected chi connectivity index (χ4v) is 3.71. The SMILES string of the molecule is CCc1ccc(N2C(=O)S/C(=C/c3cccc(OC(CC)C(=O)O)c3)C2=O)cc1.